The van der Waals surface area contributed by atoms with Crippen molar-refractivity contribution in [2.45, 2.75) is 44.6 Å². The van der Waals surface area contributed by atoms with Crippen molar-refractivity contribution >= 4 is 28.0 Å². The Hall–Kier alpha value is -1.70. The molecule has 1 aromatic rings. The molecule has 23 heavy (non-hydrogen) atoms. The fraction of sp³-hybridized carbons (Fsp3) is 0.600. The Morgan fingerprint density at radius 3 is 2.43 bits per heavy atom. The molecule has 0 radical (unpaired) electrons. The van der Waals surface area contributed by atoms with Gasteiger partial charge in [-0.1, -0.05) is 0 Å². The van der Waals surface area contributed by atoms with Crippen LogP contribution in [0, 0.1) is 0 Å². The van der Waals surface area contributed by atoms with Gasteiger partial charge in [0.2, 0.25) is 0 Å². The first-order valence-corrected chi connectivity index (χ1v) is 8.12. The number of aromatic nitrogens is 2. The molecule has 0 spiro atoms. The second kappa shape index (κ2) is 6.43. The molecule has 8 heteroatoms. The molecular formula is C15H20BrN3O4. The van der Waals surface area contributed by atoms with Gasteiger partial charge >= 0.3 is 12.1 Å². The number of hydrogen-bond acceptors (Lipinski definition) is 5. The van der Waals surface area contributed by atoms with Gasteiger partial charge in [0, 0.05) is 24.8 Å². The number of carboxylic acid groups (broad SMARTS) is 1. The van der Waals surface area contributed by atoms with Gasteiger partial charge in [-0.2, -0.15) is 0 Å². The van der Waals surface area contributed by atoms with Crippen LogP contribution in [0.25, 0.3) is 0 Å². The maximum atomic E-state index is 12.1. The molecule has 1 amide bonds. The third-order valence-corrected chi connectivity index (χ3v) is 4.49. The molecule has 0 unspecified atom stereocenters. The zero-order valence-corrected chi connectivity index (χ0v) is 15.0. The predicted octanol–water partition coefficient (Wildman–Crippen LogP) is 2.59. The SMILES string of the molecule is CC(C)(C)OC(=O)N1CCC(C(=O)O)(c2cncnc2Br)CC1. The number of piperidine rings is 1. The van der Waals surface area contributed by atoms with Crippen molar-refractivity contribution in [2.24, 2.45) is 0 Å². The van der Waals surface area contributed by atoms with Crippen LogP contribution in [0.2, 0.25) is 0 Å². The highest BCUT2D eigenvalue weighted by molar-refractivity contribution is 9.10. The van der Waals surface area contributed by atoms with Crippen molar-refractivity contribution in [1.82, 2.24) is 14.9 Å². The number of carbonyl (C=O) groups excluding carboxylic acids is 1. The highest BCUT2D eigenvalue weighted by Gasteiger charge is 2.46. The third kappa shape index (κ3) is 3.80. The van der Waals surface area contributed by atoms with Crippen LogP contribution < -0.4 is 0 Å². The number of carboxylic acids is 1. The first-order valence-electron chi connectivity index (χ1n) is 7.33. The van der Waals surface area contributed by atoms with Crippen LogP contribution in [0.15, 0.2) is 17.1 Å². The first-order chi connectivity index (χ1) is 10.7. The van der Waals surface area contributed by atoms with Crippen LogP contribution in [-0.2, 0) is 14.9 Å². The molecule has 0 bridgehead atoms. The second-order valence-electron chi connectivity index (χ2n) is 6.58. The summed E-state index contributed by atoms with van der Waals surface area (Å²) in [6, 6.07) is 0. The summed E-state index contributed by atoms with van der Waals surface area (Å²) in [5.41, 5.74) is -1.14. The number of aliphatic carboxylic acids is 1. The minimum atomic E-state index is -1.10. The van der Waals surface area contributed by atoms with Crippen LogP contribution in [-0.4, -0.2) is 50.7 Å². The van der Waals surface area contributed by atoms with Crippen LogP contribution in [0.3, 0.4) is 0 Å². The van der Waals surface area contributed by atoms with E-state index in [-0.39, 0.29) is 12.8 Å². The number of amides is 1. The Morgan fingerprint density at radius 2 is 1.96 bits per heavy atom. The lowest BCUT2D eigenvalue weighted by molar-refractivity contribution is -0.146. The third-order valence-electron chi connectivity index (χ3n) is 3.86. The van der Waals surface area contributed by atoms with Crippen molar-refractivity contribution in [3.63, 3.8) is 0 Å². The molecule has 2 heterocycles. The minimum Gasteiger partial charge on any atom is -0.481 e. The molecule has 0 aliphatic carbocycles. The Labute approximate surface area is 143 Å². The normalized spacial score (nSPS) is 17.7. The van der Waals surface area contributed by atoms with E-state index in [0.29, 0.717) is 23.3 Å². The van der Waals surface area contributed by atoms with Crippen molar-refractivity contribution in [1.29, 1.82) is 0 Å². The van der Waals surface area contributed by atoms with Crippen molar-refractivity contribution in [3.05, 3.63) is 22.7 Å². The summed E-state index contributed by atoms with van der Waals surface area (Å²) in [5, 5.41) is 9.77. The fourth-order valence-electron chi connectivity index (χ4n) is 2.63. The van der Waals surface area contributed by atoms with Gasteiger partial charge in [-0.05, 0) is 49.5 Å². The molecule has 1 aliphatic rings. The fourth-order valence-corrected chi connectivity index (χ4v) is 3.21. The van der Waals surface area contributed by atoms with E-state index in [9.17, 15) is 14.7 Å². The summed E-state index contributed by atoms with van der Waals surface area (Å²) < 4.78 is 5.81. The lowest BCUT2D eigenvalue weighted by Crippen LogP contribution is -2.50. The van der Waals surface area contributed by atoms with Crippen LogP contribution >= 0.6 is 15.9 Å². The van der Waals surface area contributed by atoms with Crippen LogP contribution in [0.1, 0.15) is 39.2 Å². The monoisotopic (exact) mass is 385 g/mol. The second-order valence-corrected chi connectivity index (χ2v) is 7.33. The van der Waals surface area contributed by atoms with E-state index in [1.807, 2.05) is 0 Å². The summed E-state index contributed by atoms with van der Waals surface area (Å²) in [4.78, 5) is 33.6. The van der Waals surface area contributed by atoms with Crippen molar-refractivity contribution in [3.8, 4) is 0 Å². The Balaban J connectivity index is 2.18. The minimum absolute atomic E-state index is 0.285. The van der Waals surface area contributed by atoms with E-state index in [1.54, 1.807) is 25.7 Å². The van der Waals surface area contributed by atoms with Gasteiger partial charge in [-0.15, -0.1) is 0 Å². The van der Waals surface area contributed by atoms with Gasteiger partial charge in [0.1, 0.15) is 21.9 Å². The lowest BCUT2D eigenvalue weighted by atomic mass is 9.74. The summed E-state index contributed by atoms with van der Waals surface area (Å²) in [7, 11) is 0. The van der Waals surface area contributed by atoms with E-state index < -0.39 is 23.1 Å². The van der Waals surface area contributed by atoms with E-state index in [4.69, 9.17) is 4.74 Å². The average molecular weight is 386 g/mol. The molecule has 0 saturated carbocycles. The Kier molecular flexibility index (Phi) is 4.93. The number of ether oxygens (including phenoxy) is 1. The quantitative estimate of drug-likeness (QED) is 0.786. The Morgan fingerprint density at radius 1 is 1.35 bits per heavy atom. The number of carbonyl (C=O) groups is 2. The van der Waals surface area contributed by atoms with Crippen molar-refractivity contribution < 1.29 is 19.4 Å². The standard InChI is InChI=1S/C15H20BrN3O4/c1-14(2,3)23-13(22)19-6-4-15(5-7-19,12(20)21)10-8-17-9-18-11(10)16/h8-9H,4-7H2,1-3H3,(H,20,21). The van der Waals surface area contributed by atoms with E-state index in [0.717, 1.165) is 0 Å². The van der Waals surface area contributed by atoms with Crippen LogP contribution in [0.4, 0.5) is 4.79 Å². The van der Waals surface area contributed by atoms with E-state index in [2.05, 4.69) is 25.9 Å². The molecule has 0 aromatic carbocycles. The molecule has 2 rings (SSSR count). The molecular weight excluding hydrogens is 366 g/mol. The molecule has 0 atom stereocenters. The number of nitrogens with zero attached hydrogens (tertiary/aromatic N) is 3. The zero-order chi connectivity index (χ0) is 17.3. The average Bonchev–Trinajstić information content (AvgIpc) is 2.46. The van der Waals surface area contributed by atoms with Gasteiger partial charge in [0.15, 0.2) is 0 Å². The highest BCUT2D eigenvalue weighted by atomic mass is 79.9. The number of halogens is 1. The molecule has 1 N–H and O–H groups in total. The zero-order valence-electron chi connectivity index (χ0n) is 13.4. The molecule has 1 aliphatic heterocycles. The summed E-state index contributed by atoms with van der Waals surface area (Å²) in [5.74, 6) is -0.933. The van der Waals surface area contributed by atoms with Crippen molar-refractivity contribution in [2.75, 3.05) is 13.1 Å². The maximum Gasteiger partial charge on any atom is 0.410 e. The topological polar surface area (TPSA) is 92.6 Å². The summed E-state index contributed by atoms with van der Waals surface area (Å²) in [6.07, 6.45) is 3.04. The predicted molar refractivity (Wildman–Crippen MR) is 86.1 cm³/mol. The van der Waals surface area contributed by atoms with E-state index in [1.165, 1.54) is 12.5 Å². The molecule has 1 aromatic heterocycles. The highest BCUT2D eigenvalue weighted by Crippen LogP contribution is 2.38. The number of likely N-dealkylation sites (tertiary alicyclic amines) is 1. The summed E-state index contributed by atoms with van der Waals surface area (Å²) >= 11 is 3.30. The van der Waals surface area contributed by atoms with E-state index >= 15 is 0 Å². The number of rotatable bonds is 2. The summed E-state index contributed by atoms with van der Waals surface area (Å²) in [6.45, 7) is 6.02. The molecule has 1 saturated heterocycles. The smallest absolute Gasteiger partial charge is 0.410 e. The van der Waals surface area contributed by atoms with Gasteiger partial charge in [0.25, 0.3) is 0 Å². The first kappa shape index (κ1) is 17.7. The maximum absolute atomic E-state index is 12.1. The van der Waals surface area contributed by atoms with Gasteiger partial charge in [0.05, 0.1) is 0 Å². The number of hydrogen-bond donors (Lipinski definition) is 1. The van der Waals surface area contributed by atoms with Crippen LogP contribution in [0.5, 0.6) is 0 Å². The molecule has 7 nitrogen and oxygen atoms in total. The Bertz CT molecular complexity index is 607. The van der Waals surface area contributed by atoms with Gasteiger partial charge < -0.3 is 14.7 Å². The van der Waals surface area contributed by atoms with Gasteiger partial charge in [-0.3, -0.25) is 4.79 Å². The molecule has 126 valence electrons. The van der Waals surface area contributed by atoms with Gasteiger partial charge in [-0.25, -0.2) is 14.8 Å². The lowest BCUT2D eigenvalue weighted by Gasteiger charge is -2.39. The largest absolute Gasteiger partial charge is 0.481 e. The molecule has 1 fully saturated rings.